The molecule has 2 aromatic rings. The molecule has 0 spiro atoms. The topological polar surface area (TPSA) is 55.8 Å². The highest BCUT2D eigenvalue weighted by Crippen LogP contribution is 2.19. The lowest BCUT2D eigenvalue weighted by Crippen LogP contribution is -2.12. The summed E-state index contributed by atoms with van der Waals surface area (Å²) < 4.78 is 10.6. The summed E-state index contributed by atoms with van der Waals surface area (Å²) in [6, 6.07) is 14.0. The molecule has 2 aromatic carbocycles. The summed E-state index contributed by atoms with van der Waals surface area (Å²) in [5.41, 5.74) is 1.24. The minimum atomic E-state index is -0.156. The Kier molecular flexibility index (Phi) is 4.74. The van der Waals surface area contributed by atoms with Crippen LogP contribution in [0.5, 0.6) is 11.5 Å². The summed E-state index contributed by atoms with van der Waals surface area (Å²) in [5.74, 6) is 0.932. The van der Waals surface area contributed by atoms with Gasteiger partial charge in [-0.15, -0.1) is 0 Å². The van der Waals surface area contributed by atoms with E-state index >= 15 is 0 Å². The molecule has 0 aliphatic rings. The molecular weight excluding hydrogens is 256 g/mol. The smallest absolute Gasteiger partial charge is 0.203 e. The number of benzene rings is 2. The number of ketones is 1. The van der Waals surface area contributed by atoms with Crippen LogP contribution < -0.4 is 9.47 Å². The van der Waals surface area contributed by atoms with Crippen LogP contribution >= 0.6 is 0 Å². The lowest BCUT2D eigenvalue weighted by Gasteiger charge is -2.09. The SMILES string of the molecule is COc1ccccc1C(=O)COc1cccc(CO)c1. The van der Waals surface area contributed by atoms with Crippen LogP contribution in [0.3, 0.4) is 0 Å². The Morgan fingerprint density at radius 2 is 1.95 bits per heavy atom. The number of aliphatic hydroxyl groups excluding tert-OH is 1. The maximum Gasteiger partial charge on any atom is 0.203 e. The van der Waals surface area contributed by atoms with Crippen molar-refractivity contribution in [3.05, 3.63) is 59.7 Å². The van der Waals surface area contributed by atoms with Crippen molar-refractivity contribution in [2.45, 2.75) is 6.61 Å². The van der Waals surface area contributed by atoms with Gasteiger partial charge in [0.2, 0.25) is 5.78 Å². The number of Topliss-reactive ketones (excluding diaryl/α,β-unsaturated/α-hetero) is 1. The van der Waals surface area contributed by atoms with Gasteiger partial charge in [-0.05, 0) is 29.8 Å². The number of carbonyl (C=O) groups is 1. The summed E-state index contributed by atoms with van der Waals surface area (Å²) in [6.07, 6.45) is 0. The van der Waals surface area contributed by atoms with Crippen molar-refractivity contribution in [2.24, 2.45) is 0 Å². The summed E-state index contributed by atoms with van der Waals surface area (Å²) in [4.78, 5) is 12.1. The second-order valence-electron chi connectivity index (χ2n) is 4.22. The predicted molar refractivity (Wildman–Crippen MR) is 75.2 cm³/mol. The first-order valence-electron chi connectivity index (χ1n) is 6.23. The van der Waals surface area contributed by atoms with E-state index in [0.29, 0.717) is 17.1 Å². The number of methoxy groups -OCH3 is 1. The summed E-state index contributed by atoms with van der Waals surface area (Å²) >= 11 is 0. The highest BCUT2D eigenvalue weighted by Gasteiger charge is 2.12. The normalized spacial score (nSPS) is 10.1. The quantitative estimate of drug-likeness (QED) is 0.821. The van der Waals surface area contributed by atoms with Gasteiger partial charge in [0.1, 0.15) is 11.5 Å². The van der Waals surface area contributed by atoms with Gasteiger partial charge >= 0.3 is 0 Å². The Bertz CT molecular complexity index is 593. The van der Waals surface area contributed by atoms with E-state index in [2.05, 4.69) is 0 Å². The third-order valence-electron chi connectivity index (χ3n) is 2.86. The standard InChI is InChI=1S/C16H16O4/c1-19-16-8-3-2-7-14(16)15(18)11-20-13-6-4-5-12(9-13)10-17/h2-9,17H,10-11H2,1H3. The summed E-state index contributed by atoms with van der Waals surface area (Å²) in [7, 11) is 1.53. The zero-order chi connectivity index (χ0) is 14.4. The molecule has 0 aromatic heterocycles. The molecule has 0 radical (unpaired) electrons. The monoisotopic (exact) mass is 272 g/mol. The van der Waals surface area contributed by atoms with E-state index < -0.39 is 0 Å². The molecule has 0 fully saturated rings. The molecule has 0 unspecified atom stereocenters. The van der Waals surface area contributed by atoms with Gasteiger partial charge in [0, 0.05) is 0 Å². The zero-order valence-corrected chi connectivity index (χ0v) is 11.2. The van der Waals surface area contributed by atoms with Crippen LogP contribution in [-0.4, -0.2) is 24.6 Å². The van der Waals surface area contributed by atoms with Gasteiger partial charge in [-0.3, -0.25) is 4.79 Å². The maximum atomic E-state index is 12.1. The fraction of sp³-hybridized carbons (Fsp3) is 0.188. The van der Waals surface area contributed by atoms with Crippen LogP contribution in [0.15, 0.2) is 48.5 Å². The first-order valence-corrected chi connectivity index (χ1v) is 6.23. The van der Waals surface area contributed by atoms with Crippen molar-refractivity contribution in [3.8, 4) is 11.5 Å². The lowest BCUT2D eigenvalue weighted by atomic mass is 10.1. The van der Waals surface area contributed by atoms with Crippen LogP contribution in [0, 0.1) is 0 Å². The van der Waals surface area contributed by atoms with Crippen LogP contribution in [0.4, 0.5) is 0 Å². The van der Waals surface area contributed by atoms with E-state index in [1.165, 1.54) is 7.11 Å². The van der Waals surface area contributed by atoms with E-state index in [1.54, 1.807) is 48.5 Å². The minimum Gasteiger partial charge on any atom is -0.496 e. The van der Waals surface area contributed by atoms with Crippen LogP contribution in [0.25, 0.3) is 0 Å². The fourth-order valence-electron chi connectivity index (χ4n) is 1.84. The molecule has 0 saturated carbocycles. The number of hydrogen-bond acceptors (Lipinski definition) is 4. The van der Waals surface area contributed by atoms with Crippen molar-refractivity contribution >= 4 is 5.78 Å². The van der Waals surface area contributed by atoms with Gasteiger partial charge in [0.05, 0.1) is 19.3 Å². The van der Waals surface area contributed by atoms with Gasteiger partial charge in [-0.2, -0.15) is 0 Å². The van der Waals surface area contributed by atoms with Crippen molar-refractivity contribution in [3.63, 3.8) is 0 Å². The van der Waals surface area contributed by atoms with Gasteiger partial charge in [-0.1, -0.05) is 24.3 Å². The Morgan fingerprint density at radius 3 is 2.70 bits per heavy atom. The third-order valence-corrected chi connectivity index (χ3v) is 2.86. The van der Waals surface area contributed by atoms with Crippen LogP contribution in [-0.2, 0) is 6.61 Å². The van der Waals surface area contributed by atoms with E-state index in [9.17, 15) is 4.79 Å². The molecular formula is C16H16O4. The van der Waals surface area contributed by atoms with E-state index in [0.717, 1.165) is 5.56 Å². The minimum absolute atomic E-state index is 0.0579. The van der Waals surface area contributed by atoms with E-state index in [1.807, 2.05) is 0 Å². The van der Waals surface area contributed by atoms with Gasteiger partial charge in [0.15, 0.2) is 6.61 Å². The number of ether oxygens (including phenoxy) is 2. The molecule has 0 aliphatic heterocycles. The predicted octanol–water partition coefficient (Wildman–Crippen LogP) is 2.45. The Hall–Kier alpha value is -2.33. The summed E-state index contributed by atoms with van der Waals surface area (Å²) in [6.45, 7) is -0.132. The Balaban J connectivity index is 2.04. The Labute approximate surface area is 117 Å². The van der Waals surface area contributed by atoms with Crippen LogP contribution in [0.1, 0.15) is 15.9 Å². The molecule has 0 heterocycles. The highest BCUT2D eigenvalue weighted by molar-refractivity contribution is 5.99. The largest absolute Gasteiger partial charge is 0.496 e. The van der Waals surface area contributed by atoms with Crippen molar-refractivity contribution in [2.75, 3.05) is 13.7 Å². The Morgan fingerprint density at radius 1 is 1.15 bits per heavy atom. The molecule has 4 heteroatoms. The lowest BCUT2D eigenvalue weighted by molar-refractivity contribution is 0.0918. The molecule has 4 nitrogen and oxygen atoms in total. The number of para-hydroxylation sites is 1. The van der Waals surface area contributed by atoms with Crippen molar-refractivity contribution < 1.29 is 19.4 Å². The molecule has 104 valence electrons. The second-order valence-corrected chi connectivity index (χ2v) is 4.22. The molecule has 20 heavy (non-hydrogen) atoms. The van der Waals surface area contributed by atoms with E-state index in [4.69, 9.17) is 14.6 Å². The molecule has 1 N–H and O–H groups in total. The number of aliphatic hydroxyl groups is 1. The number of hydrogen-bond donors (Lipinski definition) is 1. The third kappa shape index (κ3) is 3.36. The fourth-order valence-corrected chi connectivity index (χ4v) is 1.84. The molecule has 0 saturated heterocycles. The average molecular weight is 272 g/mol. The van der Waals surface area contributed by atoms with Crippen LogP contribution in [0.2, 0.25) is 0 Å². The van der Waals surface area contributed by atoms with Gasteiger partial charge in [-0.25, -0.2) is 0 Å². The number of rotatable bonds is 6. The van der Waals surface area contributed by atoms with Crippen molar-refractivity contribution in [1.29, 1.82) is 0 Å². The first kappa shape index (κ1) is 14.1. The molecule has 0 bridgehead atoms. The average Bonchev–Trinajstić information content (AvgIpc) is 2.52. The highest BCUT2D eigenvalue weighted by atomic mass is 16.5. The zero-order valence-electron chi connectivity index (χ0n) is 11.2. The van der Waals surface area contributed by atoms with Crippen molar-refractivity contribution in [1.82, 2.24) is 0 Å². The molecule has 0 aliphatic carbocycles. The van der Waals surface area contributed by atoms with E-state index in [-0.39, 0.29) is 19.0 Å². The molecule has 0 amide bonds. The molecule has 0 atom stereocenters. The van der Waals surface area contributed by atoms with Gasteiger partial charge < -0.3 is 14.6 Å². The summed E-state index contributed by atoms with van der Waals surface area (Å²) in [5, 5.41) is 9.05. The first-order chi connectivity index (χ1) is 9.74. The maximum absolute atomic E-state index is 12.1. The molecule has 2 rings (SSSR count). The van der Waals surface area contributed by atoms with Gasteiger partial charge in [0.25, 0.3) is 0 Å². The second kappa shape index (κ2) is 6.73. The number of carbonyl (C=O) groups excluding carboxylic acids is 1.